The van der Waals surface area contributed by atoms with Crippen LogP contribution in [0.1, 0.15) is 39.0 Å². The van der Waals surface area contributed by atoms with Gasteiger partial charge in [-0.3, -0.25) is 9.69 Å². The number of rotatable bonds is 4. The number of Topliss-reactive ketones (excluding diaryl/α,β-unsaturated/α-hetero) is 1. The molecule has 3 heteroatoms. The van der Waals surface area contributed by atoms with Crippen molar-refractivity contribution < 1.29 is 9.53 Å². The van der Waals surface area contributed by atoms with Crippen LogP contribution in [0.5, 0.6) is 0 Å². The fourth-order valence-electron chi connectivity index (χ4n) is 2.69. The van der Waals surface area contributed by atoms with Gasteiger partial charge in [-0.05, 0) is 25.8 Å². The summed E-state index contributed by atoms with van der Waals surface area (Å²) in [5, 5.41) is 0. The second-order valence-corrected chi connectivity index (χ2v) is 4.66. The van der Waals surface area contributed by atoms with Crippen LogP contribution >= 0.6 is 0 Å². The Morgan fingerprint density at radius 3 is 2.87 bits per heavy atom. The Bertz CT molecular complexity index is 224. The molecule has 2 atom stereocenters. The van der Waals surface area contributed by atoms with Gasteiger partial charge in [0.1, 0.15) is 5.78 Å². The van der Waals surface area contributed by atoms with Gasteiger partial charge >= 0.3 is 0 Å². The Kier molecular flexibility index (Phi) is 3.76. The standard InChI is InChI=1S/C12H21NO2/c1-2-13(9-12-4-3-7-15-12)10-5-6-11(14)8-10/h10,12H,2-9H2,1H3. The zero-order valence-corrected chi connectivity index (χ0v) is 9.58. The molecule has 0 aromatic carbocycles. The lowest BCUT2D eigenvalue weighted by Gasteiger charge is -2.29. The lowest BCUT2D eigenvalue weighted by atomic mass is 10.1. The summed E-state index contributed by atoms with van der Waals surface area (Å²) < 4.78 is 5.65. The van der Waals surface area contributed by atoms with Gasteiger partial charge in [-0.2, -0.15) is 0 Å². The minimum atomic E-state index is 0.417. The molecule has 2 unspecified atom stereocenters. The summed E-state index contributed by atoms with van der Waals surface area (Å²) >= 11 is 0. The van der Waals surface area contributed by atoms with Crippen LogP contribution in [0.4, 0.5) is 0 Å². The van der Waals surface area contributed by atoms with Crippen molar-refractivity contribution in [3.05, 3.63) is 0 Å². The van der Waals surface area contributed by atoms with Crippen LogP contribution < -0.4 is 0 Å². The van der Waals surface area contributed by atoms with E-state index in [4.69, 9.17) is 4.74 Å². The number of ether oxygens (including phenoxy) is 1. The van der Waals surface area contributed by atoms with E-state index in [1.165, 1.54) is 12.8 Å². The molecule has 0 aromatic heterocycles. The Labute approximate surface area is 91.8 Å². The molecule has 0 radical (unpaired) electrons. The second-order valence-electron chi connectivity index (χ2n) is 4.66. The van der Waals surface area contributed by atoms with E-state index in [1.54, 1.807) is 0 Å². The molecule has 2 rings (SSSR count). The molecule has 0 spiro atoms. The highest BCUT2D eigenvalue weighted by Crippen LogP contribution is 2.22. The Balaban J connectivity index is 1.83. The van der Waals surface area contributed by atoms with Crippen molar-refractivity contribution in [3.63, 3.8) is 0 Å². The molecule has 1 heterocycles. The van der Waals surface area contributed by atoms with Gasteiger partial charge < -0.3 is 4.74 Å². The van der Waals surface area contributed by atoms with Crippen LogP contribution in [0.2, 0.25) is 0 Å². The minimum Gasteiger partial charge on any atom is -0.377 e. The van der Waals surface area contributed by atoms with Gasteiger partial charge in [-0.15, -0.1) is 0 Å². The summed E-state index contributed by atoms with van der Waals surface area (Å²) in [6, 6.07) is 0.492. The molecular weight excluding hydrogens is 190 g/mol. The summed E-state index contributed by atoms with van der Waals surface area (Å²) in [5.74, 6) is 0.436. The van der Waals surface area contributed by atoms with E-state index in [2.05, 4.69) is 11.8 Å². The van der Waals surface area contributed by atoms with Gasteiger partial charge in [0.05, 0.1) is 6.10 Å². The molecule has 0 N–H and O–H groups in total. The maximum absolute atomic E-state index is 11.3. The number of hydrogen-bond acceptors (Lipinski definition) is 3. The van der Waals surface area contributed by atoms with Crippen molar-refractivity contribution >= 4 is 5.78 Å². The number of carbonyl (C=O) groups is 1. The van der Waals surface area contributed by atoms with E-state index in [0.29, 0.717) is 17.9 Å². The molecule has 1 saturated heterocycles. The summed E-state index contributed by atoms with van der Waals surface area (Å²) in [6.07, 6.45) is 5.41. The Morgan fingerprint density at radius 2 is 2.33 bits per heavy atom. The molecule has 1 aliphatic carbocycles. The number of ketones is 1. The molecular formula is C12H21NO2. The van der Waals surface area contributed by atoms with Crippen LogP contribution in [0.25, 0.3) is 0 Å². The average molecular weight is 211 g/mol. The monoisotopic (exact) mass is 211 g/mol. The smallest absolute Gasteiger partial charge is 0.134 e. The maximum Gasteiger partial charge on any atom is 0.134 e. The highest BCUT2D eigenvalue weighted by Gasteiger charge is 2.29. The number of nitrogens with zero attached hydrogens (tertiary/aromatic N) is 1. The van der Waals surface area contributed by atoms with Gasteiger partial charge in [0.15, 0.2) is 0 Å². The van der Waals surface area contributed by atoms with E-state index >= 15 is 0 Å². The van der Waals surface area contributed by atoms with E-state index in [0.717, 1.165) is 39.0 Å². The number of likely N-dealkylation sites (N-methyl/N-ethyl adjacent to an activating group) is 1. The van der Waals surface area contributed by atoms with Gasteiger partial charge in [0.25, 0.3) is 0 Å². The van der Waals surface area contributed by atoms with Crippen LogP contribution in [0, 0.1) is 0 Å². The molecule has 86 valence electrons. The van der Waals surface area contributed by atoms with Crippen molar-refractivity contribution in [2.45, 2.75) is 51.2 Å². The predicted molar refractivity (Wildman–Crippen MR) is 58.9 cm³/mol. The van der Waals surface area contributed by atoms with Crippen LogP contribution in [0.15, 0.2) is 0 Å². The maximum atomic E-state index is 11.3. The molecule has 1 aliphatic heterocycles. The van der Waals surface area contributed by atoms with Crippen molar-refractivity contribution in [2.75, 3.05) is 19.7 Å². The van der Waals surface area contributed by atoms with Crippen molar-refractivity contribution in [3.8, 4) is 0 Å². The topological polar surface area (TPSA) is 29.5 Å². The molecule has 0 aromatic rings. The van der Waals surface area contributed by atoms with Gasteiger partial charge in [-0.1, -0.05) is 6.92 Å². The molecule has 2 fully saturated rings. The zero-order valence-electron chi connectivity index (χ0n) is 9.58. The molecule has 0 amide bonds. The second kappa shape index (κ2) is 5.08. The van der Waals surface area contributed by atoms with Gasteiger partial charge in [0.2, 0.25) is 0 Å². The lowest BCUT2D eigenvalue weighted by Crippen LogP contribution is -2.39. The van der Waals surface area contributed by atoms with Gasteiger partial charge in [-0.25, -0.2) is 0 Å². The van der Waals surface area contributed by atoms with Crippen LogP contribution in [0.3, 0.4) is 0 Å². The van der Waals surface area contributed by atoms with Crippen LogP contribution in [-0.4, -0.2) is 42.5 Å². The molecule has 1 saturated carbocycles. The highest BCUT2D eigenvalue weighted by molar-refractivity contribution is 5.81. The normalized spacial score (nSPS) is 31.7. The Morgan fingerprint density at radius 1 is 1.47 bits per heavy atom. The van der Waals surface area contributed by atoms with Crippen molar-refractivity contribution in [1.82, 2.24) is 4.90 Å². The summed E-state index contributed by atoms with van der Waals surface area (Å²) in [4.78, 5) is 13.7. The summed E-state index contributed by atoms with van der Waals surface area (Å²) in [7, 11) is 0. The molecule has 0 bridgehead atoms. The predicted octanol–water partition coefficient (Wildman–Crippen LogP) is 1.61. The van der Waals surface area contributed by atoms with E-state index in [1.807, 2.05) is 0 Å². The third kappa shape index (κ3) is 2.79. The average Bonchev–Trinajstić information content (AvgIpc) is 2.85. The molecule has 15 heavy (non-hydrogen) atoms. The van der Waals surface area contributed by atoms with Crippen molar-refractivity contribution in [2.24, 2.45) is 0 Å². The number of hydrogen-bond donors (Lipinski definition) is 0. The first-order chi connectivity index (χ1) is 7.29. The zero-order chi connectivity index (χ0) is 10.7. The molecule has 2 aliphatic rings. The first-order valence-corrected chi connectivity index (χ1v) is 6.17. The fraction of sp³-hybridized carbons (Fsp3) is 0.917. The van der Waals surface area contributed by atoms with E-state index in [-0.39, 0.29) is 0 Å². The number of carbonyl (C=O) groups excluding carboxylic acids is 1. The van der Waals surface area contributed by atoms with E-state index in [9.17, 15) is 4.79 Å². The highest BCUT2D eigenvalue weighted by atomic mass is 16.5. The van der Waals surface area contributed by atoms with Gasteiger partial charge in [0, 0.05) is 32.0 Å². The van der Waals surface area contributed by atoms with Crippen molar-refractivity contribution in [1.29, 1.82) is 0 Å². The third-order valence-corrected chi connectivity index (χ3v) is 3.60. The lowest BCUT2D eigenvalue weighted by molar-refractivity contribution is -0.117. The summed E-state index contributed by atoms with van der Waals surface area (Å²) in [6.45, 7) is 5.16. The SMILES string of the molecule is CCN(CC1CCCO1)C1CCC(=O)C1. The molecule has 3 nitrogen and oxygen atoms in total. The third-order valence-electron chi connectivity index (χ3n) is 3.60. The van der Waals surface area contributed by atoms with E-state index < -0.39 is 0 Å². The minimum absolute atomic E-state index is 0.417. The van der Waals surface area contributed by atoms with Crippen LogP contribution in [-0.2, 0) is 9.53 Å². The first-order valence-electron chi connectivity index (χ1n) is 6.17. The Hall–Kier alpha value is -0.410. The first kappa shape index (κ1) is 11.1. The summed E-state index contributed by atoms with van der Waals surface area (Å²) in [5.41, 5.74) is 0. The largest absolute Gasteiger partial charge is 0.377 e. The quantitative estimate of drug-likeness (QED) is 0.707. The fourth-order valence-corrected chi connectivity index (χ4v) is 2.69.